The molecule has 0 amide bonds. The summed E-state index contributed by atoms with van der Waals surface area (Å²) >= 11 is 0. The molecule has 0 spiro atoms. The largest absolute Gasteiger partial charge is 0.480 e. The van der Waals surface area contributed by atoms with Gasteiger partial charge in [-0.05, 0) is 36.8 Å². The Labute approximate surface area is 94.1 Å². The highest BCUT2D eigenvalue weighted by atomic mass is 16.5. The number of nitrogen functional groups attached to an aromatic ring is 1. The molecule has 0 atom stereocenters. The van der Waals surface area contributed by atoms with Crippen molar-refractivity contribution < 1.29 is 4.74 Å². The molecule has 0 fully saturated rings. The molecule has 2 aromatic heterocycles. The van der Waals surface area contributed by atoms with Crippen molar-refractivity contribution in [2.75, 3.05) is 12.8 Å². The fraction of sp³-hybridized carbons (Fsp3) is 0.167. The molecule has 4 heteroatoms. The number of ether oxygens (including phenoxy) is 1. The standard InChI is InChI=1S/C12H13N3O/c1-8-7-9(5-6-14-8)10-3-4-11(13)15-12(10)16-2/h3-7H,1-2H3,(H2,13,15). The Balaban J connectivity index is 2.55. The Bertz CT molecular complexity index is 511. The number of pyridine rings is 2. The van der Waals surface area contributed by atoms with Crippen molar-refractivity contribution in [3.63, 3.8) is 0 Å². The van der Waals surface area contributed by atoms with E-state index in [9.17, 15) is 0 Å². The lowest BCUT2D eigenvalue weighted by Gasteiger charge is -2.08. The molecule has 4 nitrogen and oxygen atoms in total. The molecule has 0 aliphatic heterocycles. The third-order valence-electron chi connectivity index (χ3n) is 2.28. The van der Waals surface area contributed by atoms with Gasteiger partial charge in [0.15, 0.2) is 0 Å². The van der Waals surface area contributed by atoms with Crippen molar-refractivity contribution in [3.05, 3.63) is 36.2 Å². The molecule has 0 aliphatic rings. The van der Waals surface area contributed by atoms with E-state index in [1.807, 2.05) is 25.1 Å². The van der Waals surface area contributed by atoms with E-state index in [1.54, 1.807) is 19.4 Å². The molecular formula is C12H13N3O. The predicted molar refractivity (Wildman–Crippen MR) is 63.2 cm³/mol. The van der Waals surface area contributed by atoms with Crippen LogP contribution in [0.25, 0.3) is 11.1 Å². The molecular weight excluding hydrogens is 202 g/mol. The lowest BCUT2D eigenvalue weighted by Crippen LogP contribution is -1.96. The van der Waals surface area contributed by atoms with E-state index < -0.39 is 0 Å². The van der Waals surface area contributed by atoms with Gasteiger partial charge < -0.3 is 10.5 Å². The third kappa shape index (κ3) is 1.95. The zero-order chi connectivity index (χ0) is 11.5. The van der Waals surface area contributed by atoms with Gasteiger partial charge in [0.1, 0.15) is 5.82 Å². The fourth-order valence-electron chi connectivity index (χ4n) is 1.54. The molecule has 0 bridgehead atoms. The Morgan fingerprint density at radius 2 is 2.06 bits per heavy atom. The zero-order valence-corrected chi connectivity index (χ0v) is 9.27. The van der Waals surface area contributed by atoms with Gasteiger partial charge in [-0.1, -0.05) is 0 Å². The van der Waals surface area contributed by atoms with E-state index in [4.69, 9.17) is 10.5 Å². The van der Waals surface area contributed by atoms with Crippen molar-refractivity contribution in [1.29, 1.82) is 0 Å². The molecule has 82 valence electrons. The first-order chi connectivity index (χ1) is 7.70. The second kappa shape index (κ2) is 4.18. The maximum Gasteiger partial charge on any atom is 0.223 e. The van der Waals surface area contributed by atoms with E-state index in [-0.39, 0.29) is 0 Å². The molecule has 0 radical (unpaired) electrons. The molecule has 16 heavy (non-hydrogen) atoms. The van der Waals surface area contributed by atoms with Crippen LogP contribution in [0.3, 0.4) is 0 Å². The summed E-state index contributed by atoms with van der Waals surface area (Å²) in [5.41, 5.74) is 8.51. The molecule has 0 saturated carbocycles. The average molecular weight is 215 g/mol. The Morgan fingerprint density at radius 3 is 2.75 bits per heavy atom. The second-order valence-corrected chi connectivity index (χ2v) is 3.48. The maximum atomic E-state index is 5.61. The fourth-order valence-corrected chi connectivity index (χ4v) is 1.54. The number of hydrogen-bond donors (Lipinski definition) is 1. The lowest BCUT2D eigenvalue weighted by atomic mass is 10.1. The van der Waals surface area contributed by atoms with Crippen LogP contribution >= 0.6 is 0 Å². The SMILES string of the molecule is COc1nc(N)ccc1-c1ccnc(C)c1. The number of nitrogens with two attached hydrogens (primary N) is 1. The molecule has 2 rings (SSSR count). The summed E-state index contributed by atoms with van der Waals surface area (Å²) in [6.07, 6.45) is 1.76. The summed E-state index contributed by atoms with van der Waals surface area (Å²) in [5, 5.41) is 0. The molecule has 0 unspecified atom stereocenters. The number of aryl methyl sites for hydroxylation is 1. The highest BCUT2D eigenvalue weighted by Gasteiger charge is 2.07. The Hall–Kier alpha value is -2.10. The van der Waals surface area contributed by atoms with Crippen molar-refractivity contribution in [2.45, 2.75) is 6.92 Å². The summed E-state index contributed by atoms with van der Waals surface area (Å²) in [5.74, 6) is 0.983. The van der Waals surface area contributed by atoms with Crippen molar-refractivity contribution >= 4 is 5.82 Å². The van der Waals surface area contributed by atoms with Crippen LogP contribution in [0.2, 0.25) is 0 Å². The number of anilines is 1. The third-order valence-corrected chi connectivity index (χ3v) is 2.28. The molecule has 2 N–H and O–H groups in total. The summed E-state index contributed by atoms with van der Waals surface area (Å²) in [6, 6.07) is 7.56. The maximum absolute atomic E-state index is 5.61. The average Bonchev–Trinajstić information content (AvgIpc) is 2.28. The second-order valence-electron chi connectivity index (χ2n) is 3.48. The Kier molecular flexibility index (Phi) is 2.72. The van der Waals surface area contributed by atoms with E-state index in [2.05, 4.69) is 9.97 Å². The quantitative estimate of drug-likeness (QED) is 0.832. The zero-order valence-electron chi connectivity index (χ0n) is 9.27. The van der Waals surface area contributed by atoms with Gasteiger partial charge in [0.25, 0.3) is 0 Å². The minimum absolute atomic E-state index is 0.450. The van der Waals surface area contributed by atoms with Gasteiger partial charge in [-0.3, -0.25) is 4.98 Å². The first-order valence-electron chi connectivity index (χ1n) is 4.94. The summed E-state index contributed by atoms with van der Waals surface area (Å²) < 4.78 is 5.21. The molecule has 2 heterocycles. The molecule has 0 aliphatic carbocycles. The van der Waals surface area contributed by atoms with Crippen LogP contribution in [0.1, 0.15) is 5.69 Å². The van der Waals surface area contributed by atoms with Gasteiger partial charge in [0, 0.05) is 17.5 Å². The first-order valence-corrected chi connectivity index (χ1v) is 4.94. The topological polar surface area (TPSA) is 61.0 Å². The molecule has 0 aromatic carbocycles. The van der Waals surface area contributed by atoms with Gasteiger partial charge in [-0.2, -0.15) is 4.98 Å². The van der Waals surface area contributed by atoms with E-state index in [1.165, 1.54) is 0 Å². The summed E-state index contributed by atoms with van der Waals surface area (Å²) in [6.45, 7) is 1.95. The van der Waals surface area contributed by atoms with Crippen LogP contribution in [0.5, 0.6) is 5.88 Å². The minimum atomic E-state index is 0.450. The number of aromatic nitrogens is 2. The van der Waals surface area contributed by atoms with Crippen LogP contribution in [0, 0.1) is 6.92 Å². The first kappa shape index (κ1) is 10.4. The summed E-state index contributed by atoms with van der Waals surface area (Å²) in [7, 11) is 1.58. The normalized spacial score (nSPS) is 10.1. The van der Waals surface area contributed by atoms with Gasteiger partial charge in [0.05, 0.1) is 7.11 Å². The monoisotopic (exact) mass is 215 g/mol. The smallest absolute Gasteiger partial charge is 0.223 e. The van der Waals surface area contributed by atoms with E-state index in [0.717, 1.165) is 16.8 Å². The van der Waals surface area contributed by atoms with Crippen molar-refractivity contribution in [2.24, 2.45) is 0 Å². The van der Waals surface area contributed by atoms with Gasteiger partial charge in [0.2, 0.25) is 5.88 Å². The van der Waals surface area contributed by atoms with Crippen LogP contribution < -0.4 is 10.5 Å². The van der Waals surface area contributed by atoms with Crippen LogP contribution in [-0.4, -0.2) is 17.1 Å². The van der Waals surface area contributed by atoms with Crippen molar-refractivity contribution in [1.82, 2.24) is 9.97 Å². The highest BCUT2D eigenvalue weighted by Crippen LogP contribution is 2.28. The van der Waals surface area contributed by atoms with Crippen LogP contribution in [-0.2, 0) is 0 Å². The van der Waals surface area contributed by atoms with E-state index >= 15 is 0 Å². The van der Waals surface area contributed by atoms with Crippen LogP contribution in [0.4, 0.5) is 5.82 Å². The highest BCUT2D eigenvalue weighted by molar-refractivity contribution is 5.69. The summed E-state index contributed by atoms with van der Waals surface area (Å²) in [4.78, 5) is 8.29. The number of rotatable bonds is 2. The number of hydrogen-bond acceptors (Lipinski definition) is 4. The van der Waals surface area contributed by atoms with Gasteiger partial charge in [-0.15, -0.1) is 0 Å². The van der Waals surface area contributed by atoms with E-state index in [0.29, 0.717) is 11.7 Å². The van der Waals surface area contributed by atoms with Gasteiger partial charge in [-0.25, -0.2) is 0 Å². The predicted octanol–water partition coefficient (Wildman–Crippen LogP) is 2.04. The number of methoxy groups -OCH3 is 1. The lowest BCUT2D eigenvalue weighted by molar-refractivity contribution is 0.400. The van der Waals surface area contributed by atoms with Crippen LogP contribution in [0.15, 0.2) is 30.5 Å². The van der Waals surface area contributed by atoms with Crippen molar-refractivity contribution in [3.8, 4) is 17.0 Å². The molecule has 2 aromatic rings. The minimum Gasteiger partial charge on any atom is -0.480 e. The number of nitrogens with zero attached hydrogens (tertiary/aromatic N) is 2. The molecule has 0 saturated heterocycles. The van der Waals surface area contributed by atoms with Gasteiger partial charge >= 0.3 is 0 Å². The Morgan fingerprint density at radius 1 is 1.25 bits per heavy atom.